The highest BCUT2D eigenvalue weighted by molar-refractivity contribution is 6.01. The molecule has 0 radical (unpaired) electrons. The summed E-state index contributed by atoms with van der Waals surface area (Å²) in [4.78, 5) is 16.8. The third-order valence-corrected chi connectivity index (χ3v) is 5.43. The van der Waals surface area contributed by atoms with Gasteiger partial charge < -0.3 is 14.5 Å². The van der Waals surface area contributed by atoms with E-state index < -0.39 is 5.91 Å². The summed E-state index contributed by atoms with van der Waals surface area (Å²) in [6.45, 7) is 0. The highest BCUT2D eigenvalue weighted by atomic mass is 19.1. The van der Waals surface area contributed by atoms with Gasteiger partial charge in [0, 0.05) is 0 Å². The first-order chi connectivity index (χ1) is 15.6. The number of methoxy groups -OCH3 is 1. The van der Waals surface area contributed by atoms with Crippen molar-refractivity contribution < 1.29 is 18.3 Å². The van der Waals surface area contributed by atoms with Crippen LogP contribution in [-0.2, 0) is 0 Å². The van der Waals surface area contributed by atoms with Gasteiger partial charge in [-0.1, -0.05) is 24.3 Å². The number of anilines is 2. The number of furan rings is 1. The van der Waals surface area contributed by atoms with E-state index in [4.69, 9.17) is 9.15 Å². The molecule has 3 heterocycles. The summed E-state index contributed by atoms with van der Waals surface area (Å²) in [5, 5.41) is 10.5. The number of hydrogen-bond acceptors (Lipinski definition) is 6. The lowest BCUT2D eigenvalue weighted by molar-refractivity contribution is 0.0995. The van der Waals surface area contributed by atoms with Crippen molar-refractivity contribution in [3.05, 3.63) is 89.6 Å². The molecule has 8 nitrogen and oxygen atoms in total. The number of benzene rings is 2. The Hall–Kier alpha value is -4.14. The second-order valence-corrected chi connectivity index (χ2v) is 7.41. The second kappa shape index (κ2) is 8.18. The standard InChI is InChI=1S/C23H20FN5O3/c1-31-17-10-6-14(7-11-17)18-13-19(15-4-8-16(24)9-5-15)29-23(25-18)27-22(28-29)26-21(30)20-3-2-12-32-20/h2-12,18-19H,13H2,1H3,(H2,25,26,27,28,30)/t18-,19-/m0/s1. The first-order valence-electron chi connectivity index (χ1n) is 10.1. The van der Waals surface area contributed by atoms with E-state index in [1.54, 1.807) is 36.1 Å². The number of carbonyl (C=O) groups is 1. The molecule has 1 aliphatic rings. The number of halogens is 1. The van der Waals surface area contributed by atoms with E-state index in [1.165, 1.54) is 18.4 Å². The normalized spacial score (nSPS) is 17.3. The maximum Gasteiger partial charge on any atom is 0.293 e. The lowest BCUT2D eigenvalue weighted by Gasteiger charge is -2.31. The van der Waals surface area contributed by atoms with E-state index in [1.807, 2.05) is 24.3 Å². The molecule has 0 fully saturated rings. The molecule has 162 valence electrons. The summed E-state index contributed by atoms with van der Waals surface area (Å²) < 4.78 is 25.6. The molecule has 2 aromatic heterocycles. The number of hydrogen-bond donors (Lipinski definition) is 2. The summed E-state index contributed by atoms with van der Waals surface area (Å²) >= 11 is 0. The van der Waals surface area contributed by atoms with Gasteiger partial charge in [0.2, 0.25) is 5.95 Å². The number of nitrogens with zero attached hydrogens (tertiary/aromatic N) is 3. The van der Waals surface area contributed by atoms with E-state index in [0.717, 1.165) is 16.9 Å². The minimum Gasteiger partial charge on any atom is -0.497 e. The summed E-state index contributed by atoms with van der Waals surface area (Å²) in [6, 6.07) is 17.0. The number of rotatable bonds is 5. The largest absolute Gasteiger partial charge is 0.497 e. The van der Waals surface area contributed by atoms with Crippen LogP contribution in [0.25, 0.3) is 0 Å². The van der Waals surface area contributed by atoms with E-state index in [-0.39, 0.29) is 29.6 Å². The van der Waals surface area contributed by atoms with E-state index >= 15 is 0 Å². The van der Waals surface area contributed by atoms with Crippen molar-refractivity contribution in [1.82, 2.24) is 14.8 Å². The molecule has 0 saturated heterocycles. The zero-order valence-corrected chi connectivity index (χ0v) is 17.2. The molecule has 0 aliphatic carbocycles. The summed E-state index contributed by atoms with van der Waals surface area (Å²) in [5.74, 6) is 0.836. The zero-order chi connectivity index (χ0) is 22.1. The number of ether oxygens (including phenoxy) is 1. The summed E-state index contributed by atoms with van der Waals surface area (Å²) in [5.41, 5.74) is 1.94. The third kappa shape index (κ3) is 3.80. The van der Waals surface area contributed by atoms with E-state index in [2.05, 4.69) is 20.7 Å². The van der Waals surface area contributed by atoms with Crippen molar-refractivity contribution in [1.29, 1.82) is 0 Å². The Morgan fingerprint density at radius 3 is 2.59 bits per heavy atom. The van der Waals surface area contributed by atoms with E-state index in [9.17, 15) is 9.18 Å². The predicted octanol–water partition coefficient (Wildman–Crippen LogP) is 4.42. The molecule has 0 spiro atoms. The SMILES string of the molecule is COc1ccc([C@@H]2C[C@@H](c3ccc(F)cc3)n3nc(NC(=O)c4ccco4)nc3N2)cc1. The van der Waals surface area contributed by atoms with Crippen LogP contribution in [0.3, 0.4) is 0 Å². The first-order valence-corrected chi connectivity index (χ1v) is 10.1. The Morgan fingerprint density at radius 1 is 1.16 bits per heavy atom. The Balaban J connectivity index is 1.48. The van der Waals surface area contributed by atoms with Gasteiger partial charge in [0.25, 0.3) is 11.9 Å². The second-order valence-electron chi connectivity index (χ2n) is 7.41. The molecular formula is C23H20FN5O3. The predicted molar refractivity (Wildman–Crippen MR) is 115 cm³/mol. The molecule has 2 N–H and O–H groups in total. The van der Waals surface area contributed by atoms with Crippen molar-refractivity contribution in [2.24, 2.45) is 0 Å². The minimum atomic E-state index is -0.442. The molecule has 5 rings (SSSR count). The fourth-order valence-corrected chi connectivity index (χ4v) is 3.82. The highest BCUT2D eigenvalue weighted by Gasteiger charge is 2.31. The van der Waals surface area contributed by atoms with Crippen LogP contribution in [0.2, 0.25) is 0 Å². The number of amides is 1. The number of fused-ring (bicyclic) bond motifs is 1. The highest BCUT2D eigenvalue weighted by Crippen LogP contribution is 2.38. The van der Waals surface area contributed by atoms with Crippen molar-refractivity contribution in [3.63, 3.8) is 0 Å². The van der Waals surface area contributed by atoms with Crippen molar-refractivity contribution >= 4 is 17.8 Å². The Labute approximate surface area is 183 Å². The lowest BCUT2D eigenvalue weighted by atomic mass is 9.93. The maximum atomic E-state index is 13.5. The van der Waals surface area contributed by atoms with Gasteiger partial charge in [-0.25, -0.2) is 9.07 Å². The average Bonchev–Trinajstić information content (AvgIpc) is 3.49. The van der Waals surface area contributed by atoms with Crippen LogP contribution in [0, 0.1) is 5.82 Å². The fourth-order valence-electron chi connectivity index (χ4n) is 3.82. The van der Waals surface area contributed by atoms with Gasteiger partial charge >= 0.3 is 0 Å². The van der Waals surface area contributed by atoms with Gasteiger partial charge in [0.15, 0.2) is 5.76 Å². The number of carbonyl (C=O) groups excluding carboxylic acids is 1. The quantitative estimate of drug-likeness (QED) is 0.484. The van der Waals surface area contributed by atoms with Crippen LogP contribution in [0.4, 0.5) is 16.3 Å². The average molecular weight is 433 g/mol. The molecule has 0 unspecified atom stereocenters. The molecule has 1 aliphatic heterocycles. The molecule has 0 bridgehead atoms. The first kappa shape index (κ1) is 19.8. The molecule has 2 atom stereocenters. The van der Waals surface area contributed by atoms with Gasteiger partial charge in [-0.15, -0.1) is 5.10 Å². The van der Waals surface area contributed by atoms with Crippen molar-refractivity contribution in [2.45, 2.75) is 18.5 Å². The van der Waals surface area contributed by atoms with Gasteiger partial charge in [-0.05, 0) is 53.9 Å². The Bertz CT molecular complexity index is 1220. The molecular weight excluding hydrogens is 413 g/mol. The Morgan fingerprint density at radius 2 is 1.91 bits per heavy atom. The minimum absolute atomic E-state index is 0.0683. The van der Waals surface area contributed by atoms with Gasteiger partial charge in [-0.2, -0.15) is 4.98 Å². The van der Waals surface area contributed by atoms with Crippen LogP contribution in [0.5, 0.6) is 5.75 Å². The summed E-state index contributed by atoms with van der Waals surface area (Å²) in [7, 11) is 1.62. The molecule has 4 aromatic rings. The zero-order valence-electron chi connectivity index (χ0n) is 17.2. The fraction of sp³-hybridized carbons (Fsp3) is 0.174. The molecule has 2 aromatic carbocycles. The van der Waals surface area contributed by atoms with Crippen LogP contribution in [0.15, 0.2) is 71.3 Å². The molecule has 32 heavy (non-hydrogen) atoms. The van der Waals surface area contributed by atoms with Crippen molar-refractivity contribution in [3.8, 4) is 5.75 Å². The smallest absolute Gasteiger partial charge is 0.293 e. The third-order valence-electron chi connectivity index (χ3n) is 5.43. The van der Waals surface area contributed by atoms with E-state index in [0.29, 0.717) is 12.4 Å². The monoisotopic (exact) mass is 433 g/mol. The topological polar surface area (TPSA) is 94.2 Å². The van der Waals surface area contributed by atoms with Gasteiger partial charge in [0.05, 0.1) is 25.5 Å². The van der Waals surface area contributed by atoms with Crippen molar-refractivity contribution in [2.75, 3.05) is 17.7 Å². The summed E-state index contributed by atoms with van der Waals surface area (Å²) in [6.07, 6.45) is 2.08. The molecule has 0 saturated carbocycles. The lowest BCUT2D eigenvalue weighted by Crippen LogP contribution is -2.28. The van der Waals surface area contributed by atoms with Crippen LogP contribution >= 0.6 is 0 Å². The van der Waals surface area contributed by atoms with Gasteiger partial charge in [-0.3, -0.25) is 10.1 Å². The molecule has 1 amide bonds. The number of aromatic nitrogens is 3. The maximum absolute atomic E-state index is 13.5. The van der Waals surface area contributed by atoms with Gasteiger partial charge in [0.1, 0.15) is 11.6 Å². The molecule has 9 heteroatoms. The Kier molecular flexibility index (Phi) is 5.06. The number of nitrogens with one attached hydrogen (secondary N) is 2. The van der Waals surface area contributed by atoms with Crippen LogP contribution in [0.1, 0.15) is 40.2 Å². The van der Waals surface area contributed by atoms with Crippen LogP contribution in [-0.4, -0.2) is 27.8 Å². The van der Waals surface area contributed by atoms with Crippen LogP contribution < -0.4 is 15.4 Å².